The van der Waals surface area contributed by atoms with Crippen molar-refractivity contribution in [3.63, 3.8) is 0 Å². The first kappa shape index (κ1) is 42.0. The van der Waals surface area contributed by atoms with Gasteiger partial charge in [-0.25, -0.2) is 40.4 Å². The number of hydrogen-bond acceptors (Lipinski definition) is 8. The van der Waals surface area contributed by atoms with Crippen molar-refractivity contribution in [3.05, 3.63) is 88.8 Å². The van der Waals surface area contributed by atoms with Gasteiger partial charge in [-0.15, -0.1) is 0 Å². The normalized spacial score (nSPS) is 12.5. The lowest BCUT2D eigenvalue weighted by Gasteiger charge is -2.16. The smallest absolute Gasteiger partial charge is 0.338 e. The summed E-state index contributed by atoms with van der Waals surface area (Å²) < 4.78 is 110. The summed E-state index contributed by atoms with van der Waals surface area (Å²) in [5, 5.41) is 4.97. The van der Waals surface area contributed by atoms with Gasteiger partial charge < -0.3 is 18.8 Å². The lowest BCUT2D eigenvalue weighted by Crippen LogP contribution is -2.22. The van der Waals surface area contributed by atoms with Crippen molar-refractivity contribution in [1.82, 2.24) is 19.3 Å². The first-order valence-corrected chi connectivity index (χ1v) is 26.7. The Bertz CT molecular complexity index is 2340. The fourth-order valence-corrected chi connectivity index (χ4v) is 9.09. The molecule has 10 nitrogen and oxygen atoms in total. The van der Waals surface area contributed by atoms with Crippen LogP contribution in [0.15, 0.2) is 53.7 Å². The first-order valence-electron chi connectivity index (χ1n) is 17.7. The van der Waals surface area contributed by atoms with E-state index in [9.17, 15) is 17.6 Å². The molecule has 0 aliphatic heterocycles. The minimum Gasteiger partial charge on any atom is -0.465 e. The third-order valence-corrected chi connectivity index (χ3v) is 14.3. The quantitative estimate of drug-likeness (QED) is 0.0420. The van der Waals surface area contributed by atoms with Gasteiger partial charge in [-0.05, 0) is 48.8 Å². The average Bonchev–Trinajstić information content (AvgIpc) is 3.71. The number of hydrogen-bond donors (Lipinski definition) is 0. The Kier molecular flexibility index (Phi) is 12.6. The van der Waals surface area contributed by atoms with Crippen LogP contribution >= 0.6 is 0 Å². The standard InChI is InChI=1S/C38H46F4N4O6SSi2/c1-24-29(38(47)50-2)19-26(39)20-31(24)53(48,49)21-25-9-12-30(40)32(33(25)41)27-10-11-28-35(37-43-13-14-45(37)22-51-15-17-54(3,4)5)44-46(36(28)34(27)42)23-52-16-18-55(6,7)8/h9-14,19-20H,15-18,21-23H2,1-8H3. The van der Waals surface area contributed by atoms with Crippen LogP contribution in [0.1, 0.15) is 21.5 Å². The molecule has 0 saturated carbocycles. The van der Waals surface area contributed by atoms with Crippen LogP contribution in [0.5, 0.6) is 0 Å². The molecule has 0 aliphatic carbocycles. The number of methoxy groups -OCH3 is 1. The van der Waals surface area contributed by atoms with Gasteiger partial charge in [0.05, 0.1) is 28.9 Å². The van der Waals surface area contributed by atoms with Gasteiger partial charge in [0, 0.05) is 58.3 Å². The molecule has 0 fully saturated rings. The van der Waals surface area contributed by atoms with E-state index in [4.69, 9.17) is 9.47 Å². The van der Waals surface area contributed by atoms with Crippen LogP contribution in [0.25, 0.3) is 33.5 Å². The van der Waals surface area contributed by atoms with Gasteiger partial charge in [-0.2, -0.15) is 5.10 Å². The summed E-state index contributed by atoms with van der Waals surface area (Å²) >= 11 is 0. The summed E-state index contributed by atoms with van der Waals surface area (Å²) in [6, 6.07) is 7.78. The molecule has 0 aliphatic rings. The highest BCUT2D eigenvalue weighted by molar-refractivity contribution is 7.90. The Morgan fingerprint density at radius 2 is 1.53 bits per heavy atom. The molecular weight excluding hydrogens is 773 g/mol. The number of carbonyl (C=O) groups is 1. The Balaban J connectivity index is 1.58. The second kappa shape index (κ2) is 16.5. The summed E-state index contributed by atoms with van der Waals surface area (Å²) in [4.78, 5) is 16.1. The molecule has 0 spiro atoms. The fourth-order valence-electron chi connectivity index (χ4n) is 5.92. The molecule has 3 aromatic carbocycles. The monoisotopic (exact) mass is 818 g/mol. The second-order valence-corrected chi connectivity index (χ2v) is 29.0. The number of sulfone groups is 1. The van der Waals surface area contributed by atoms with E-state index in [1.54, 1.807) is 17.0 Å². The van der Waals surface area contributed by atoms with Gasteiger partial charge in [0.2, 0.25) is 0 Å². The number of aromatic nitrogens is 4. The summed E-state index contributed by atoms with van der Waals surface area (Å²) in [7, 11) is -6.29. The SMILES string of the molecule is COC(=O)c1cc(F)cc(S(=O)(=O)Cc2ccc(F)c(-c3ccc4c(-c5nccn5COCC[Si](C)(C)C)nn(COCC[Si](C)(C)C)c4c3F)c2F)c1C. The number of carbonyl (C=O) groups excluding carboxylic acids is 1. The van der Waals surface area contributed by atoms with E-state index >= 15 is 13.2 Å². The van der Waals surface area contributed by atoms with E-state index in [0.29, 0.717) is 36.2 Å². The topological polar surface area (TPSA) is 115 Å². The van der Waals surface area contributed by atoms with E-state index in [-0.39, 0.29) is 30.1 Å². The number of benzene rings is 3. The van der Waals surface area contributed by atoms with Crippen molar-refractivity contribution >= 4 is 42.9 Å². The molecule has 0 unspecified atom stereocenters. The maximum atomic E-state index is 16.9. The maximum Gasteiger partial charge on any atom is 0.338 e. The summed E-state index contributed by atoms with van der Waals surface area (Å²) in [6.45, 7) is 15.6. The van der Waals surface area contributed by atoms with Crippen LogP contribution in [0, 0.1) is 30.2 Å². The zero-order chi connectivity index (χ0) is 40.5. The van der Waals surface area contributed by atoms with E-state index < -0.39 is 82.6 Å². The number of nitrogens with zero attached hydrogens (tertiary/aromatic N) is 4. The van der Waals surface area contributed by atoms with E-state index in [1.165, 1.54) is 23.7 Å². The molecule has 296 valence electrons. The van der Waals surface area contributed by atoms with Crippen LogP contribution in [0.3, 0.4) is 0 Å². The lowest BCUT2D eigenvalue weighted by molar-refractivity contribution is 0.0599. The molecular formula is C38H46F4N4O6SSi2. The van der Waals surface area contributed by atoms with Gasteiger partial charge in [-0.3, -0.25) is 0 Å². The van der Waals surface area contributed by atoms with E-state index in [0.717, 1.165) is 37.4 Å². The van der Waals surface area contributed by atoms with Crippen LogP contribution < -0.4 is 0 Å². The second-order valence-electron chi connectivity index (χ2n) is 15.8. The van der Waals surface area contributed by atoms with Crippen molar-refractivity contribution in [2.24, 2.45) is 0 Å². The first-order chi connectivity index (χ1) is 25.7. The highest BCUT2D eigenvalue weighted by atomic mass is 32.2. The summed E-state index contributed by atoms with van der Waals surface area (Å²) in [5.41, 5.74) is -2.02. The number of rotatable bonds is 16. The molecule has 0 amide bonds. The molecule has 0 bridgehead atoms. The van der Waals surface area contributed by atoms with Gasteiger partial charge in [0.1, 0.15) is 42.1 Å². The zero-order valence-electron chi connectivity index (χ0n) is 32.2. The van der Waals surface area contributed by atoms with Crippen molar-refractivity contribution in [3.8, 4) is 22.6 Å². The summed E-state index contributed by atoms with van der Waals surface area (Å²) in [5.74, 6) is -6.14. The van der Waals surface area contributed by atoms with Crippen LogP contribution in [0.4, 0.5) is 17.6 Å². The molecule has 2 aromatic heterocycles. The predicted molar refractivity (Wildman–Crippen MR) is 208 cm³/mol. The molecule has 0 atom stereocenters. The maximum absolute atomic E-state index is 16.9. The number of halogens is 4. The molecule has 0 saturated heterocycles. The third kappa shape index (κ3) is 9.63. The molecule has 5 aromatic rings. The van der Waals surface area contributed by atoms with Crippen molar-refractivity contribution in [2.75, 3.05) is 20.3 Å². The van der Waals surface area contributed by atoms with E-state index in [1.807, 2.05) is 0 Å². The molecule has 5 rings (SSSR count). The third-order valence-electron chi connectivity index (χ3n) is 9.07. The van der Waals surface area contributed by atoms with Crippen LogP contribution in [-0.2, 0) is 43.3 Å². The van der Waals surface area contributed by atoms with Gasteiger partial charge in [0.25, 0.3) is 0 Å². The predicted octanol–water partition coefficient (Wildman–Crippen LogP) is 8.82. The largest absolute Gasteiger partial charge is 0.465 e. The van der Waals surface area contributed by atoms with Crippen molar-refractivity contribution in [1.29, 1.82) is 0 Å². The fraction of sp³-hybridized carbons (Fsp3) is 0.395. The van der Waals surface area contributed by atoms with Crippen molar-refractivity contribution in [2.45, 2.75) is 82.4 Å². The lowest BCUT2D eigenvalue weighted by atomic mass is 9.99. The molecule has 0 radical (unpaired) electrons. The highest BCUT2D eigenvalue weighted by Crippen LogP contribution is 2.38. The zero-order valence-corrected chi connectivity index (χ0v) is 35.0. The Labute approximate surface area is 320 Å². The molecule has 0 N–H and O–H groups in total. The number of esters is 1. The number of ether oxygens (including phenoxy) is 3. The Hall–Kier alpha value is -4.17. The van der Waals surface area contributed by atoms with Crippen LogP contribution in [0.2, 0.25) is 51.4 Å². The number of imidazole rings is 1. The minimum atomic E-state index is -4.53. The molecule has 55 heavy (non-hydrogen) atoms. The van der Waals surface area contributed by atoms with Crippen LogP contribution in [-0.4, -0.2) is 70.2 Å². The average molecular weight is 819 g/mol. The van der Waals surface area contributed by atoms with Gasteiger partial charge in [0.15, 0.2) is 21.5 Å². The van der Waals surface area contributed by atoms with Gasteiger partial charge >= 0.3 is 5.97 Å². The Morgan fingerprint density at radius 1 is 0.873 bits per heavy atom. The minimum absolute atomic E-state index is 0.0998. The molecule has 17 heteroatoms. The Morgan fingerprint density at radius 3 is 2.16 bits per heavy atom. The van der Waals surface area contributed by atoms with Crippen molar-refractivity contribution < 1.29 is 45.0 Å². The van der Waals surface area contributed by atoms with E-state index in [2.05, 4.69) is 54.1 Å². The molecule has 2 heterocycles. The highest BCUT2D eigenvalue weighted by Gasteiger charge is 2.29. The van der Waals surface area contributed by atoms with Gasteiger partial charge in [-0.1, -0.05) is 51.4 Å². The summed E-state index contributed by atoms with van der Waals surface area (Å²) in [6.07, 6.45) is 3.29. The number of fused-ring (bicyclic) bond motifs is 1.